The molecule has 0 aliphatic rings. The van der Waals surface area contributed by atoms with Crippen molar-refractivity contribution in [2.45, 2.75) is 12.8 Å². The highest BCUT2D eigenvalue weighted by Crippen LogP contribution is 2.36. The van der Waals surface area contributed by atoms with Crippen molar-refractivity contribution in [2.75, 3.05) is 19.8 Å². The van der Waals surface area contributed by atoms with E-state index in [1.54, 1.807) is 0 Å². The van der Waals surface area contributed by atoms with E-state index >= 15 is 0 Å². The van der Waals surface area contributed by atoms with E-state index in [9.17, 15) is 0 Å². The summed E-state index contributed by atoms with van der Waals surface area (Å²) in [5, 5.41) is 7.27. The second kappa shape index (κ2) is 9.93. The van der Waals surface area contributed by atoms with Gasteiger partial charge in [-0.1, -0.05) is 36.4 Å². The number of guanidine groups is 1. The van der Waals surface area contributed by atoms with E-state index in [0.717, 1.165) is 22.6 Å². The Morgan fingerprint density at radius 1 is 0.846 bits per heavy atom. The number of nitrogens with one attached hydrogen (secondary N) is 1. The average Bonchev–Trinajstić information content (AvgIpc) is 2.63. The Labute approximate surface area is 153 Å². The summed E-state index contributed by atoms with van der Waals surface area (Å²) in [6.45, 7) is 1.25. The number of rotatable bonds is 10. The quantitative estimate of drug-likeness (QED) is 0.294. The van der Waals surface area contributed by atoms with E-state index in [1.807, 2.05) is 48.5 Å². The molecule has 0 heterocycles. The van der Waals surface area contributed by atoms with Crippen LogP contribution in [0.1, 0.15) is 12.8 Å². The van der Waals surface area contributed by atoms with E-state index < -0.39 is 0 Å². The zero-order valence-electron chi connectivity index (χ0n) is 14.7. The van der Waals surface area contributed by atoms with Crippen LogP contribution in [0.2, 0.25) is 0 Å². The molecule has 0 aliphatic heterocycles. The number of nitrogens with zero attached hydrogens (tertiary/aromatic N) is 1. The van der Waals surface area contributed by atoms with Crippen LogP contribution in [0.15, 0.2) is 53.5 Å². The normalized spacial score (nSPS) is 10.2. The van der Waals surface area contributed by atoms with Gasteiger partial charge < -0.3 is 26.7 Å². The molecule has 138 valence electrons. The van der Waals surface area contributed by atoms with Gasteiger partial charge >= 0.3 is 0 Å². The first-order chi connectivity index (χ1) is 12.6. The molecule has 2 aromatic rings. The third-order valence-electron chi connectivity index (χ3n) is 3.56. The van der Waals surface area contributed by atoms with Crippen LogP contribution < -0.4 is 26.7 Å². The lowest BCUT2D eigenvalue weighted by molar-refractivity contribution is 0.313. The molecule has 0 fully saturated rings. The predicted molar refractivity (Wildman–Crippen MR) is 105 cm³/mol. The number of amidine groups is 1. The molecule has 7 N–H and O–H groups in total. The first-order valence-corrected chi connectivity index (χ1v) is 8.40. The predicted octanol–water partition coefficient (Wildman–Crippen LogP) is 2.10. The van der Waals surface area contributed by atoms with Crippen LogP contribution in [0.3, 0.4) is 0 Å². The Morgan fingerprint density at radius 3 is 1.92 bits per heavy atom. The molecular weight excluding hydrogens is 330 g/mol. The highest BCUT2D eigenvalue weighted by atomic mass is 16.5. The van der Waals surface area contributed by atoms with Crippen molar-refractivity contribution in [3.63, 3.8) is 0 Å². The number of para-hydroxylation sites is 2. The van der Waals surface area contributed by atoms with E-state index in [4.69, 9.17) is 32.1 Å². The van der Waals surface area contributed by atoms with Crippen molar-refractivity contribution in [1.82, 2.24) is 0 Å². The molecule has 0 saturated heterocycles. The molecule has 7 heteroatoms. The molecule has 0 aliphatic carbocycles. The van der Waals surface area contributed by atoms with Gasteiger partial charge in [-0.3, -0.25) is 10.4 Å². The lowest BCUT2D eigenvalue weighted by Crippen LogP contribution is -2.23. The van der Waals surface area contributed by atoms with Gasteiger partial charge in [0.2, 0.25) is 0 Å². The summed E-state index contributed by atoms with van der Waals surface area (Å²) < 4.78 is 11.7. The molecule has 0 atom stereocenters. The molecule has 0 amide bonds. The fourth-order valence-corrected chi connectivity index (χ4v) is 2.41. The standard InChI is InChI=1S/C19H25N5O2/c20-18(21)10-5-12-25-16-8-3-1-6-14(16)15-7-2-4-9-17(15)26-13-11-24-19(22)23/h1-4,6-9H,5,10-13H2,(H3,20,21)(H4,22,23,24). The Hall–Kier alpha value is -3.22. The Kier molecular flexibility index (Phi) is 7.30. The minimum absolute atomic E-state index is 0.0474. The monoisotopic (exact) mass is 355 g/mol. The molecule has 0 aromatic heterocycles. The van der Waals surface area contributed by atoms with E-state index in [1.165, 1.54) is 0 Å². The largest absolute Gasteiger partial charge is 0.493 e. The molecule has 2 rings (SSSR count). The summed E-state index contributed by atoms with van der Waals surface area (Å²) in [6.07, 6.45) is 1.22. The first-order valence-electron chi connectivity index (χ1n) is 8.40. The van der Waals surface area contributed by atoms with Gasteiger partial charge in [0.15, 0.2) is 5.96 Å². The van der Waals surface area contributed by atoms with Gasteiger partial charge in [0.1, 0.15) is 18.1 Å². The molecule has 26 heavy (non-hydrogen) atoms. The van der Waals surface area contributed by atoms with Crippen LogP contribution in [0, 0.1) is 5.41 Å². The van der Waals surface area contributed by atoms with Crippen LogP contribution in [-0.2, 0) is 0 Å². The summed E-state index contributed by atoms with van der Waals surface area (Å²) in [7, 11) is 0. The third-order valence-corrected chi connectivity index (χ3v) is 3.56. The first kappa shape index (κ1) is 19.1. The second-order valence-electron chi connectivity index (χ2n) is 5.62. The molecule has 0 bridgehead atoms. The van der Waals surface area contributed by atoms with Crippen molar-refractivity contribution in [1.29, 1.82) is 5.41 Å². The third kappa shape index (κ3) is 6.01. The molecule has 0 unspecified atom stereocenters. The summed E-state index contributed by atoms with van der Waals surface area (Å²) >= 11 is 0. The zero-order valence-corrected chi connectivity index (χ0v) is 14.7. The van der Waals surface area contributed by atoms with Gasteiger partial charge in [-0.15, -0.1) is 0 Å². The Bertz CT molecular complexity index is 757. The maximum absolute atomic E-state index is 7.27. The number of hydrogen-bond acceptors (Lipinski definition) is 4. The van der Waals surface area contributed by atoms with E-state index in [-0.39, 0.29) is 11.8 Å². The maximum Gasteiger partial charge on any atom is 0.186 e. The lowest BCUT2D eigenvalue weighted by Gasteiger charge is -2.15. The summed E-state index contributed by atoms with van der Waals surface area (Å²) in [5.41, 5.74) is 17.9. The molecule has 2 aromatic carbocycles. The molecule has 0 saturated carbocycles. The van der Waals surface area contributed by atoms with Crippen LogP contribution in [0.4, 0.5) is 0 Å². The van der Waals surface area contributed by atoms with Crippen LogP contribution in [0.25, 0.3) is 11.1 Å². The fourth-order valence-electron chi connectivity index (χ4n) is 2.41. The van der Waals surface area contributed by atoms with Gasteiger partial charge in [0.25, 0.3) is 0 Å². The number of nitrogens with two attached hydrogens (primary N) is 3. The number of benzene rings is 2. The summed E-state index contributed by atoms with van der Waals surface area (Å²) in [5.74, 6) is 1.71. The average molecular weight is 355 g/mol. The van der Waals surface area contributed by atoms with Gasteiger partial charge in [-0.25, -0.2) is 0 Å². The van der Waals surface area contributed by atoms with Gasteiger partial charge in [-0.05, 0) is 18.6 Å². The Balaban J connectivity index is 2.12. The van der Waals surface area contributed by atoms with Crippen molar-refractivity contribution >= 4 is 11.8 Å². The minimum atomic E-state index is 0.0474. The summed E-state index contributed by atoms with van der Waals surface area (Å²) in [6, 6.07) is 15.5. The Morgan fingerprint density at radius 2 is 1.38 bits per heavy atom. The highest BCUT2D eigenvalue weighted by Gasteiger charge is 2.11. The number of hydrogen-bond donors (Lipinski definition) is 4. The van der Waals surface area contributed by atoms with Crippen molar-refractivity contribution in [3.8, 4) is 22.6 Å². The highest BCUT2D eigenvalue weighted by molar-refractivity contribution is 5.77. The van der Waals surface area contributed by atoms with Crippen molar-refractivity contribution < 1.29 is 9.47 Å². The van der Waals surface area contributed by atoms with E-state index in [2.05, 4.69) is 4.99 Å². The number of ether oxygens (including phenoxy) is 2. The van der Waals surface area contributed by atoms with Crippen LogP contribution in [-0.4, -0.2) is 31.6 Å². The van der Waals surface area contributed by atoms with Crippen molar-refractivity contribution in [3.05, 3.63) is 48.5 Å². The topological polar surface area (TPSA) is 133 Å². The SMILES string of the molecule is N=C(N)CCCOc1ccccc1-c1ccccc1OCCN=C(N)N. The van der Waals surface area contributed by atoms with Gasteiger partial charge in [-0.2, -0.15) is 0 Å². The maximum atomic E-state index is 7.27. The van der Waals surface area contributed by atoms with Crippen molar-refractivity contribution in [2.24, 2.45) is 22.2 Å². The fraction of sp³-hybridized carbons (Fsp3) is 0.263. The van der Waals surface area contributed by atoms with Gasteiger partial charge in [0, 0.05) is 17.5 Å². The van der Waals surface area contributed by atoms with E-state index in [0.29, 0.717) is 32.6 Å². The number of aliphatic imine (C=N–C) groups is 1. The summed E-state index contributed by atoms with van der Waals surface area (Å²) in [4.78, 5) is 3.92. The smallest absolute Gasteiger partial charge is 0.186 e. The molecule has 0 radical (unpaired) electrons. The molecule has 7 nitrogen and oxygen atoms in total. The second-order valence-corrected chi connectivity index (χ2v) is 5.62. The molecule has 0 spiro atoms. The molecular formula is C19H25N5O2. The minimum Gasteiger partial charge on any atom is -0.493 e. The van der Waals surface area contributed by atoms with Crippen LogP contribution in [0.5, 0.6) is 11.5 Å². The zero-order chi connectivity index (χ0) is 18.8. The van der Waals surface area contributed by atoms with Crippen LogP contribution >= 0.6 is 0 Å². The van der Waals surface area contributed by atoms with Gasteiger partial charge in [0.05, 0.1) is 19.0 Å². The lowest BCUT2D eigenvalue weighted by atomic mass is 10.0.